The van der Waals surface area contributed by atoms with E-state index in [0.29, 0.717) is 68.1 Å². The number of carbonyl (C=O) groups excluding carboxylic acids is 2. The van der Waals surface area contributed by atoms with Gasteiger partial charge in [-0.3, -0.25) is 4.79 Å². The lowest BCUT2D eigenvalue weighted by atomic mass is 10.2. The Hall–Kier alpha value is -3.37. The monoisotopic (exact) mass is 552 g/mol. The van der Waals surface area contributed by atoms with Gasteiger partial charge >= 0.3 is 6.09 Å². The van der Waals surface area contributed by atoms with Crippen molar-refractivity contribution in [1.82, 2.24) is 29.5 Å². The number of piperazine rings is 1. The molecule has 0 unspecified atom stereocenters. The Labute approximate surface area is 230 Å². The number of benzene rings is 2. The van der Waals surface area contributed by atoms with Crippen molar-refractivity contribution in [1.29, 1.82) is 0 Å². The lowest BCUT2D eigenvalue weighted by Gasteiger charge is -2.34. The first-order valence-electron chi connectivity index (χ1n) is 12.7. The lowest BCUT2D eigenvalue weighted by Crippen LogP contribution is -2.50. The van der Waals surface area contributed by atoms with E-state index in [-0.39, 0.29) is 12.0 Å². The molecule has 0 saturated carbocycles. The van der Waals surface area contributed by atoms with Crippen molar-refractivity contribution in [3.63, 3.8) is 0 Å². The standard InChI is InChI=1S/C27H29ClN6O3S/c1-2-37-27(36)33-14-12-32(13-15-33)23(35)11-6-16-38-26-29-25-24(30-31-26)21-9-3-4-10-22(21)34(25)18-19-7-5-8-20(28)17-19/h3-5,7-10,17H,2,6,11-16,18H2,1H3. The quantitative estimate of drug-likeness (QED) is 0.228. The van der Waals surface area contributed by atoms with Gasteiger partial charge < -0.3 is 19.1 Å². The second-order valence-corrected chi connectivity index (χ2v) is 10.5. The van der Waals surface area contributed by atoms with E-state index >= 15 is 0 Å². The summed E-state index contributed by atoms with van der Waals surface area (Å²) in [5.41, 5.74) is 3.66. The topological polar surface area (TPSA) is 93.5 Å². The molecule has 3 heterocycles. The highest BCUT2D eigenvalue weighted by Gasteiger charge is 2.24. The molecule has 2 aromatic heterocycles. The number of carbonyl (C=O) groups is 2. The van der Waals surface area contributed by atoms with Crippen molar-refractivity contribution >= 4 is 57.4 Å². The molecule has 198 valence electrons. The fourth-order valence-corrected chi connectivity index (χ4v) is 5.56. The number of hydrogen-bond acceptors (Lipinski definition) is 7. The highest BCUT2D eigenvalue weighted by molar-refractivity contribution is 7.99. The molecule has 5 rings (SSSR count). The summed E-state index contributed by atoms with van der Waals surface area (Å²) in [6.45, 7) is 4.83. The number of halogens is 1. The van der Waals surface area contributed by atoms with E-state index in [1.807, 2.05) is 47.4 Å². The van der Waals surface area contributed by atoms with E-state index in [4.69, 9.17) is 21.3 Å². The van der Waals surface area contributed by atoms with Gasteiger partial charge in [0.15, 0.2) is 5.65 Å². The van der Waals surface area contributed by atoms with Crippen LogP contribution in [0.25, 0.3) is 22.1 Å². The zero-order valence-electron chi connectivity index (χ0n) is 21.2. The van der Waals surface area contributed by atoms with Crippen LogP contribution in [0, 0.1) is 0 Å². The lowest BCUT2D eigenvalue weighted by molar-refractivity contribution is -0.132. The summed E-state index contributed by atoms with van der Waals surface area (Å²) in [4.78, 5) is 32.8. The second-order valence-electron chi connectivity index (χ2n) is 9.02. The van der Waals surface area contributed by atoms with Gasteiger partial charge in [-0.05, 0) is 37.1 Å². The molecule has 0 aliphatic carbocycles. The minimum Gasteiger partial charge on any atom is -0.450 e. The van der Waals surface area contributed by atoms with Crippen molar-refractivity contribution in [3.8, 4) is 0 Å². The fraction of sp³-hybridized carbons (Fsp3) is 0.370. The Morgan fingerprint density at radius 2 is 1.82 bits per heavy atom. The molecule has 0 atom stereocenters. The largest absolute Gasteiger partial charge is 0.450 e. The Balaban J connectivity index is 1.21. The molecule has 1 aliphatic rings. The predicted molar refractivity (Wildman–Crippen MR) is 149 cm³/mol. The van der Waals surface area contributed by atoms with Crippen LogP contribution in [-0.4, -0.2) is 80.1 Å². The number of rotatable bonds is 8. The van der Waals surface area contributed by atoms with E-state index < -0.39 is 0 Å². The zero-order valence-corrected chi connectivity index (χ0v) is 22.7. The molecule has 11 heteroatoms. The summed E-state index contributed by atoms with van der Waals surface area (Å²) in [7, 11) is 0. The summed E-state index contributed by atoms with van der Waals surface area (Å²) in [5.74, 6) is 0.807. The number of nitrogens with zero attached hydrogens (tertiary/aromatic N) is 6. The summed E-state index contributed by atoms with van der Waals surface area (Å²) in [6.07, 6.45) is 0.833. The minimum absolute atomic E-state index is 0.102. The molecule has 2 aromatic carbocycles. The number of ether oxygens (including phenoxy) is 1. The van der Waals surface area contributed by atoms with Crippen molar-refractivity contribution in [2.24, 2.45) is 0 Å². The maximum atomic E-state index is 12.7. The van der Waals surface area contributed by atoms with Gasteiger partial charge in [0.05, 0.1) is 12.1 Å². The second kappa shape index (κ2) is 12.0. The van der Waals surface area contributed by atoms with Crippen LogP contribution in [0.2, 0.25) is 5.02 Å². The molecular weight excluding hydrogens is 524 g/mol. The van der Waals surface area contributed by atoms with Crippen molar-refractivity contribution in [3.05, 3.63) is 59.1 Å². The van der Waals surface area contributed by atoms with Gasteiger partial charge in [-0.25, -0.2) is 9.78 Å². The molecule has 1 saturated heterocycles. The molecule has 38 heavy (non-hydrogen) atoms. The van der Waals surface area contributed by atoms with Gasteiger partial charge in [0.2, 0.25) is 11.1 Å². The van der Waals surface area contributed by atoms with Crippen LogP contribution >= 0.6 is 23.4 Å². The first-order chi connectivity index (χ1) is 18.5. The molecule has 1 fully saturated rings. The number of fused-ring (bicyclic) bond motifs is 3. The molecule has 1 aliphatic heterocycles. The van der Waals surface area contributed by atoms with E-state index in [1.54, 1.807) is 11.8 Å². The van der Waals surface area contributed by atoms with Gasteiger partial charge in [0, 0.05) is 55.3 Å². The van der Waals surface area contributed by atoms with Crippen LogP contribution < -0.4 is 0 Å². The summed E-state index contributed by atoms with van der Waals surface area (Å²) >= 11 is 7.72. The third-order valence-corrected chi connectivity index (χ3v) is 7.67. The Morgan fingerprint density at radius 3 is 2.61 bits per heavy atom. The molecule has 0 radical (unpaired) electrons. The maximum Gasteiger partial charge on any atom is 0.409 e. The normalized spacial score (nSPS) is 13.8. The molecule has 0 N–H and O–H groups in total. The summed E-state index contributed by atoms with van der Waals surface area (Å²) in [5, 5.41) is 11.2. The average Bonchev–Trinajstić information content (AvgIpc) is 3.24. The van der Waals surface area contributed by atoms with Crippen molar-refractivity contribution in [2.75, 3.05) is 38.5 Å². The zero-order chi connectivity index (χ0) is 26.5. The number of para-hydroxylation sites is 1. The highest BCUT2D eigenvalue weighted by Crippen LogP contribution is 2.28. The first-order valence-corrected chi connectivity index (χ1v) is 14.1. The third kappa shape index (κ3) is 5.86. The van der Waals surface area contributed by atoms with E-state index in [1.165, 1.54) is 11.8 Å². The Morgan fingerprint density at radius 1 is 1.03 bits per heavy atom. The van der Waals surface area contributed by atoms with Crippen LogP contribution in [0.15, 0.2) is 53.7 Å². The predicted octanol–water partition coefficient (Wildman–Crippen LogP) is 4.85. The van der Waals surface area contributed by atoms with Crippen LogP contribution in [0.4, 0.5) is 4.79 Å². The van der Waals surface area contributed by atoms with Crippen molar-refractivity contribution in [2.45, 2.75) is 31.5 Å². The van der Waals surface area contributed by atoms with Crippen LogP contribution in [0.5, 0.6) is 0 Å². The molecule has 2 amide bonds. The Kier molecular flexibility index (Phi) is 8.29. The van der Waals surface area contributed by atoms with Gasteiger partial charge in [-0.1, -0.05) is 53.7 Å². The minimum atomic E-state index is -0.312. The van der Waals surface area contributed by atoms with Gasteiger partial charge in [-0.2, -0.15) is 0 Å². The smallest absolute Gasteiger partial charge is 0.409 e. The molecule has 0 bridgehead atoms. The van der Waals surface area contributed by atoms with Gasteiger partial charge in [-0.15, -0.1) is 10.2 Å². The molecule has 4 aromatic rings. The van der Waals surface area contributed by atoms with Gasteiger partial charge in [0.1, 0.15) is 5.52 Å². The highest BCUT2D eigenvalue weighted by atomic mass is 35.5. The Bertz CT molecular complexity index is 1450. The van der Waals surface area contributed by atoms with E-state index in [9.17, 15) is 9.59 Å². The van der Waals surface area contributed by atoms with Crippen LogP contribution in [0.1, 0.15) is 25.3 Å². The van der Waals surface area contributed by atoms with E-state index in [0.717, 1.165) is 27.6 Å². The third-order valence-electron chi connectivity index (χ3n) is 6.51. The number of hydrogen-bond donors (Lipinski definition) is 0. The molecule has 0 spiro atoms. The summed E-state index contributed by atoms with van der Waals surface area (Å²) < 4.78 is 7.19. The summed E-state index contributed by atoms with van der Waals surface area (Å²) in [6, 6.07) is 15.9. The number of amides is 2. The fourth-order valence-electron chi connectivity index (χ4n) is 4.63. The van der Waals surface area contributed by atoms with Crippen LogP contribution in [-0.2, 0) is 16.1 Å². The van der Waals surface area contributed by atoms with Crippen LogP contribution in [0.3, 0.4) is 0 Å². The number of aromatic nitrogens is 4. The van der Waals surface area contributed by atoms with E-state index in [2.05, 4.69) is 20.8 Å². The SMILES string of the molecule is CCOC(=O)N1CCN(C(=O)CCCSc2nnc3c4ccccc4n(Cc4cccc(Cl)c4)c3n2)CC1. The first kappa shape index (κ1) is 26.2. The number of thioether (sulfide) groups is 1. The molecular formula is C27H29ClN6O3S. The van der Waals surface area contributed by atoms with Crippen molar-refractivity contribution < 1.29 is 14.3 Å². The molecule has 9 nitrogen and oxygen atoms in total. The van der Waals surface area contributed by atoms with Gasteiger partial charge in [0.25, 0.3) is 0 Å². The average molecular weight is 553 g/mol. The maximum absolute atomic E-state index is 12.7.